The Morgan fingerprint density at radius 2 is 1.75 bits per heavy atom. The molecule has 28 heavy (non-hydrogen) atoms. The average molecular weight is 398 g/mol. The van der Waals surface area contributed by atoms with E-state index >= 15 is 0 Å². The second kappa shape index (κ2) is 6.76. The lowest BCUT2D eigenvalue weighted by molar-refractivity contribution is -0.117. The minimum absolute atomic E-state index is 0.0204. The number of thiazole rings is 1. The van der Waals surface area contributed by atoms with Crippen molar-refractivity contribution in [3.63, 3.8) is 0 Å². The zero-order chi connectivity index (χ0) is 19.3. The van der Waals surface area contributed by atoms with Crippen molar-refractivity contribution in [2.75, 3.05) is 10.6 Å². The standard InChI is InChI=1S/C22H27N3O2S/c1-13(19(26)23-17-5-3-2-4-6-17)18-20(27)24-21(28-18)25-22-10-14-7-15(11-22)9-16(8-14)12-22/h2-6,13-16,27H,7-12H2,1H3,(H,23,26)(H,24,25). The lowest BCUT2D eigenvalue weighted by Gasteiger charge is -2.56. The van der Waals surface area contributed by atoms with Crippen LogP contribution in [0.15, 0.2) is 30.3 Å². The summed E-state index contributed by atoms with van der Waals surface area (Å²) in [5.74, 6) is 1.94. The number of amides is 1. The summed E-state index contributed by atoms with van der Waals surface area (Å²) < 4.78 is 0. The monoisotopic (exact) mass is 397 g/mol. The van der Waals surface area contributed by atoms with Crippen molar-refractivity contribution < 1.29 is 9.90 Å². The van der Waals surface area contributed by atoms with Crippen LogP contribution in [0, 0.1) is 17.8 Å². The molecule has 1 aromatic heterocycles. The molecule has 4 fully saturated rings. The second-order valence-corrected chi connectivity index (χ2v) is 10.1. The minimum atomic E-state index is -0.454. The van der Waals surface area contributed by atoms with Crippen molar-refractivity contribution >= 4 is 28.1 Å². The molecule has 1 aromatic carbocycles. The SMILES string of the molecule is CC(C(=O)Nc1ccccc1)c1sc(NC23CC4CC(CC(C4)C2)C3)nc1O. The van der Waals surface area contributed by atoms with E-state index in [-0.39, 0.29) is 17.3 Å². The van der Waals surface area contributed by atoms with Crippen LogP contribution in [0.4, 0.5) is 10.8 Å². The predicted molar refractivity (Wildman–Crippen MR) is 112 cm³/mol. The van der Waals surface area contributed by atoms with Gasteiger partial charge in [0.2, 0.25) is 11.8 Å². The Morgan fingerprint density at radius 3 is 2.36 bits per heavy atom. The number of carbonyl (C=O) groups excluding carboxylic acids is 1. The molecule has 3 N–H and O–H groups in total. The molecule has 2 aromatic rings. The molecule has 4 saturated carbocycles. The van der Waals surface area contributed by atoms with Crippen molar-refractivity contribution in [1.29, 1.82) is 0 Å². The third-order valence-electron chi connectivity index (χ3n) is 6.87. The number of aromatic nitrogens is 1. The topological polar surface area (TPSA) is 74.2 Å². The molecule has 4 aliphatic rings. The Balaban J connectivity index is 1.31. The third-order valence-corrected chi connectivity index (χ3v) is 8.02. The van der Waals surface area contributed by atoms with E-state index in [4.69, 9.17) is 0 Å². The quantitative estimate of drug-likeness (QED) is 0.666. The van der Waals surface area contributed by atoms with Gasteiger partial charge in [-0.2, -0.15) is 4.98 Å². The number of hydrogen-bond acceptors (Lipinski definition) is 5. The van der Waals surface area contributed by atoms with Crippen molar-refractivity contribution in [3.8, 4) is 5.88 Å². The smallest absolute Gasteiger partial charge is 0.232 e. The Morgan fingerprint density at radius 1 is 1.14 bits per heavy atom. The number of hydrogen-bond donors (Lipinski definition) is 3. The number of rotatable bonds is 5. The highest BCUT2D eigenvalue weighted by atomic mass is 32.1. The maximum atomic E-state index is 12.6. The van der Waals surface area contributed by atoms with Crippen molar-refractivity contribution in [2.24, 2.45) is 17.8 Å². The fourth-order valence-corrected chi connectivity index (χ4v) is 7.07. The molecule has 4 bridgehead atoms. The largest absolute Gasteiger partial charge is 0.492 e. The van der Waals surface area contributed by atoms with E-state index in [2.05, 4.69) is 15.6 Å². The van der Waals surface area contributed by atoms with E-state index in [0.717, 1.165) is 28.6 Å². The Kier molecular flexibility index (Phi) is 4.34. The second-order valence-electron chi connectivity index (χ2n) is 9.11. The van der Waals surface area contributed by atoms with Crippen molar-refractivity contribution in [1.82, 2.24) is 4.98 Å². The summed E-state index contributed by atoms with van der Waals surface area (Å²) in [5.41, 5.74) is 0.904. The number of nitrogens with one attached hydrogen (secondary N) is 2. The summed E-state index contributed by atoms with van der Waals surface area (Å²) in [6, 6.07) is 9.40. The van der Waals surface area contributed by atoms with E-state index in [0.29, 0.717) is 4.88 Å². The van der Waals surface area contributed by atoms with Gasteiger partial charge in [-0.05, 0) is 75.3 Å². The van der Waals surface area contributed by atoms with Crippen LogP contribution < -0.4 is 10.6 Å². The summed E-state index contributed by atoms with van der Waals surface area (Å²) in [5, 5.41) is 17.8. The van der Waals surface area contributed by atoms with Crippen LogP contribution in [-0.4, -0.2) is 21.5 Å². The third kappa shape index (κ3) is 3.28. The maximum absolute atomic E-state index is 12.6. The first kappa shape index (κ1) is 18.0. The number of benzene rings is 1. The Hall–Kier alpha value is -2.08. The molecule has 0 spiro atoms. The normalized spacial score (nSPS) is 31.5. The number of anilines is 2. The number of nitrogens with zero attached hydrogens (tertiary/aromatic N) is 1. The highest BCUT2D eigenvalue weighted by molar-refractivity contribution is 7.16. The Labute approximate surface area is 169 Å². The molecular formula is C22H27N3O2S. The highest BCUT2D eigenvalue weighted by Gasteiger charge is 2.51. The highest BCUT2D eigenvalue weighted by Crippen LogP contribution is 2.57. The van der Waals surface area contributed by atoms with Gasteiger partial charge in [0.25, 0.3) is 0 Å². The number of para-hydroxylation sites is 1. The molecule has 1 atom stereocenters. The van der Waals surface area contributed by atoms with Gasteiger partial charge in [0.05, 0.1) is 10.8 Å². The molecule has 148 valence electrons. The summed E-state index contributed by atoms with van der Waals surface area (Å²) >= 11 is 1.42. The summed E-state index contributed by atoms with van der Waals surface area (Å²) in [6.45, 7) is 1.82. The van der Waals surface area contributed by atoms with Crippen molar-refractivity contribution in [2.45, 2.75) is 56.9 Å². The molecular weight excluding hydrogens is 370 g/mol. The van der Waals surface area contributed by atoms with Crippen LogP contribution in [0.1, 0.15) is 56.2 Å². The van der Waals surface area contributed by atoms with Crippen LogP contribution in [0.3, 0.4) is 0 Å². The van der Waals surface area contributed by atoms with Gasteiger partial charge in [-0.15, -0.1) is 0 Å². The molecule has 0 saturated heterocycles. The van der Waals surface area contributed by atoms with E-state index in [1.807, 2.05) is 37.3 Å². The van der Waals surface area contributed by atoms with Gasteiger partial charge in [0, 0.05) is 11.2 Å². The van der Waals surface area contributed by atoms with Crippen LogP contribution in [0.25, 0.3) is 0 Å². The predicted octanol–water partition coefficient (Wildman–Crippen LogP) is 4.97. The molecule has 1 unspecified atom stereocenters. The first-order valence-electron chi connectivity index (χ1n) is 10.3. The lowest BCUT2D eigenvalue weighted by atomic mass is 9.53. The molecule has 0 aliphatic heterocycles. The van der Waals surface area contributed by atoms with Gasteiger partial charge in [-0.25, -0.2) is 0 Å². The zero-order valence-corrected chi connectivity index (χ0v) is 17.0. The van der Waals surface area contributed by atoms with Gasteiger partial charge in [-0.1, -0.05) is 29.5 Å². The summed E-state index contributed by atoms with van der Waals surface area (Å²) in [6.07, 6.45) is 7.85. The number of carbonyl (C=O) groups is 1. The van der Waals surface area contributed by atoms with E-state index in [1.54, 1.807) is 0 Å². The van der Waals surface area contributed by atoms with Gasteiger partial charge in [-0.3, -0.25) is 4.79 Å². The number of aromatic hydroxyl groups is 1. The zero-order valence-electron chi connectivity index (χ0n) is 16.1. The van der Waals surface area contributed by atoms with E-state index in [1.165, 1.54) is 49.9 Å². The fourth-order valence-electron chi connectivity index (χ4n) is 6.04. The van der Waals surface area contributed by atoms with Crippen LogP contribution in [0.2, 0.25) is 0 Å². The summed E-state index contributed by atoms with van der Waals surface area (Å²) in [7, 11) is 0. The lowest BCUT2D eigenvalue weighted by Crippen LogP contribution is -2.54. The van der Waals surface area contributed by atoms with Crippen LogP contribution in [-0.2, 0) is 4.79 Å². The van der Waals surface area contributed by atoms with E-state index in [9.17, 15) is 9.90 Å². The van der Waals surface area contributed by atoms with Gasteiger partial charge in [0.1, 0.15) is 0 Å². The molecule has 6 rings (SSSR count). The molecule has 5 nitrogen and oxygen atoms in total. The van der Waals surface area contributed by atoms with Crippen LogP contribution in [0.5, 0.6) is 5.88 Å². The van der Waals surface area contributed by atoms with Gasteiger partial charge >= 0.3 is 0 Å². The summed E-state index contributed by atoms with van der Waals surface area (Å²) in [4.78, 5) is 17.6. The molecule has 1 heterocycles. The Bertz CT molecular complexity index is 844. The minimum Gasteiger partial charge on any atom is -0.492 e. The van der Waals surface area contributed by atoms with Gasteiger partial charge in [0.15, 0.2) is 5.13 Å². The molecule has 4 aliphatic carbocycles. The maximum Gasteiger partial charge on any atom is 0.232 e. The molecule has 1 amide bonds. The molecule has 0 radical (unpaired) electrons. The average Bonchev–Trinajstić information content (AvgIpc) is 3.00. The fraction of sp³-hybridized carbons (Fsp3) is 0.545. The molecule has 6 heteroatoms. The van der Waals surface area contributed by atoms with Gasteiger partial charge < -0.3 is 15.7 Å². The van der Waals surface area contributed by atoms with E-state index < -0.39 is 5.92 Å². The first-order chi connectivity index (χ1) is 13.5. The van der Waals surface area contributed by atoms with Crippen LogP contribution >= 0.6 is 11.3 Å². The first-order valence-corrected chi connectivity index (χ1v) is 11.1. The van der Waals surface area contributed by atoms with Crippen molar-refractivity contribution in [3.05, 3.63) is 35.2 Å².